The molecule has 0 aliphatic carbocycles. The first-order chi connectivity index (χ1) is 6.63. The Bertz CT molecular complexity index is 303. The van der Waals surface area contributed by atoms with Gasteiger partial charge in [0.1, 0.15) is 0 Å². The van der Waals surface area contributed by atoms with Crippen molar-refractivity contribution in [1.29, 1.82) is 0 Å². The molecular formula is C12H17NO. The molecule has 0 fully saturated rings. The molecule has 76 valence electrons. The average Bonchev–Trinajstić information content (AvgIpc) is 2.17. The zero-order valence-electron chi connectivity index (χ0n) is 8.79. The molecule has 0 saturated heterocycles. The molecule has 0 heterocycles. The van der Waals surface area contributed by atoms with E-state index in [1.165, 1.54) is 11.1 Å². The van der Waals surface area contributed by atoms with Gasteiger partial charge in [0, 0.05) is 6.42 Å². The van der Waals surface area contributed by atoms with Crippen molar-refractivity contribution < 1.29 is 4.79 Å². The Labute approximate surface area is 85.1 Å². The molecule has 1 unspecified atom stereocenters. The molecule has 2 nitrogen and oxygen atoms in total. The summed E-state index contributed by atoms with van der Waals surface area (Å²) in [6.45, 7) is 4.15. The molecule has 0 saturated carbocycles. The maximum Gasteiger partial charge on any atom is 0.218 e. The molecule has 0 bridgehead atoms. The number of carbonyl (C=O) groups excluding carboxylic acids is 1. The van der Waals surface area contributed by atoms with Gasteiger partial charge >= 0.3 is 0 Å². The molecule has 0 aliphatic heterocycles. The van der Waals surface area contributed by atoms with E-state index >= 15 is 0 Å². The predicted octanol–water partition coefficient (Wildman–Crippen LogP) is 2.23. The van der Waals surface area contributed by atoms with Gasteiger partial charge in [-0.05, 0) is 23.5 Å². The van der Waals surface area contributed by atoms with E-state index in [2.05, 4.69) is 31.2 Å². The molecule has 2 N–H and O–H groups in total. The van der Waals surface area contributed by atoms with Crippen LogP contribution in [0.15, 0.2) is 24.3 Å². The van der Waals surface area contributed by atoms with Gasteiger partial charge in [-0.2, -0.15) is 0 Å². The summed E-state index contributed by atoms with van der Waals surface area (Å²) in [6, 6.07) is 8.36. The molecule has 14 heavy (non-hydrogen) atoms. The second kappa shape index (κ2) is 4.80. The van der Waals surface area contributed by atoms with E-state index in [0.29, 0.717) is 6.42 Å². The minimum absolute atomic E-state index is 0.221. The number of hydrogen-bond donors (Lipinski definition) is 1. The molecule has 1 atom stereocenters. The lowest BCUT2D eigenvalue weighted by Crippen LogP contribution is -2.13. The summed E-state index contributed by atoms with van der Waals surface area (Å²) in [5.74, 6) is -0.0181. The second-order valence-corrected chi connectivity index (χ2v) is 3.67. The number of hydrogen-bond acceptors (Lipinski definition) is 1. The molecule has 0 radical (unpaired) electrons. The summed E-state index contributed by atoms with van der Waals surface area (Å²) in [6.07, 6.45) is 1.47. The van der Waals surface area contributed by atoms with E-state index in [1.54, 1.807) is 0 Å². The number of nitrogens with two attached hydrogens (primary N) is 1. The van der Waals surface area contributed by atoms with Crippen LogP contribution in [0.4, 0.5) is 0 Å². The molecule has 2 heteroatoms. The van der Waals surface area contributed by atoms with Gasteiger partial charge in [-0.25, -0.2) is 0 Å². The van der Waals surface area contributed by atoms with Gasteiger partial charge in [0.25, 0.3) is 0 Å². The smallest absolute Gasteiger partial charge is 0.218 e. The normalized spacial score (nSPS) is 12.4. The largest absolute Gasteiger partial charge is 0.370 e. The molecule has 1 amide bonds. The number of benzene rings is 1. The number of aryl methyl sites for hydroxylation is 1. The summed E-state index contributed by atoms with van der Waals surface area (Å²) in [7, 11) is 0. The van der Waals surface area contributed by atoms with E-state index < -0.39 is 0 Å². The standard InChI is InChI=1S/C12H17NO/c1-3-10-4-6-11(7-5-10)9(2)8-12(13)14/h4-7,9H,3,8H2,1-2H3,(H2,13,14). The quantitative estimate of drug-likeness (QED) is 0.779. The maximum absolute atomic E-state index is 10.7. The van der Waals surface area contributed by atoms with Crippen molar-refractivity contribution in [2.75, 3.05) is 0 Å². The maximum atomic E-state index is 10.7. The van der Waals surface area contributed by atoms with Gasteiger partial charge in [-0.1, -0.05) is 38.1 Å². The molecular weight excluding hydrogens is 174 g/mol. The van der Waals surface area contributed by atoms with Crippen LogP contribution in [0, 0.1) is 0 Å². The fourth-order valence-electron chi connectivity index (χ4n) is 1.50. The van der Waals surface area contributed by atoms with Gasteiger partial charge in [-0.3, -0.25) is 4.79 Å². The highest BCUT2D eigenvalue weighted by molar-refractivity contribution is 5.74. The molecule has 0 spiro atoms. The van der Waals surface area contributed by atoms with E-state index in [0.717, 1.165) is 6.42 Å². The fraction of sp³-hybridized carbons (Fsp3) is 0.417. The lowest BCUT2D eigenvalue weighted by atomic mass is 9.96. The van der Waals surface area contributed by atoms with Gasteiger partial charge in [-0.15, -0.1) is 0 Å². The highest BCUT2D eigenvalue weighted by Crippen LogP contribution is 2.19. The van der Waals surface area contributed by atoms with E-state index in [4.69, 9.17) is 5.73 Å². The zero-order valence-corrected chi connectivity index (χ0v) is 8.79. The summed E-state index contributed by atoms with van der Waals surface area (Å²) in [5, 5.41) is 0. The Morgan fingerprint density at radius 1 is 1.36 bits per heavy atom. The van der Waals surface area contributed by atoms with Crippen LogP contribution < -0.4 is 5.73 Å². The molecule has 1 aromatic carbocycles. The minimum atomic E-state index is -0.239. The van der Waals surface area contributed by atoms with E-state index in [1.807, 2.05) is 6.92 Å². The Hall–Kier alpha value is -1.31. The van der Waals surface area contributed by atoms with Gasteiger partial charge in [0.05, 0.1) is 0 Å². The fourth-order valence-corrected chi connectivity index (χ4v) is 1.50. The van der Waals surface area contributed by atoms with E-state index in [9.17, 15) is 4.79 Å². The monoisotopic (exact) mass is 191 g/mol. The molecule has 0 aromatic heterocycles. The number of rotatable bonds is 4. The predicted molar refractivity (Wildman–Crippen MR) is 58.0 cm³/mol. The van der Waals surface area contributed by atoms with Crippen LogP contribution in [-0.4, -0.2) is 5.91 Å². The Balaban J connectivity index is 2.71. The van der Waals surface area contributed by atoms with Crippen molar-refractivity contribution in [2.24, 2.45) is 5.73 Å². The first-order valence-corrected chi connectivity index (χ1v) is 5.00. The van der Waals surface area contributed by atoms with Crippen molar-refractivity contribution in [3.05, 3.63) is 35.4 Å². The van der Waals surface area contributed by atoms with Crippen molar-refractivity contribution in [3.8, 4) is 0 Å². The second-order valence-electron chi connectivity index (χ2n) is 3.67. The SMILES string of the molecule is CCc1ccc(C(C)CC(N)=O)cc1. The van der Waals surface area contributed by atoms with Gasteiger partial charge < -0.3 is 5.73 Å². The Morgan fingerprint density at radius 2 is 1.93 bits per heavy atom. The van der Waals surface area contributed by atoms with Crippen LogP contribution in [0.5, 0.6) is 0 Å². The molecule has 1 aromatic rings. The van der Waals surface area contributed by atoms with Crippen LogP contribution in [0.3, 0.4) is 0 Å². The van der Waals surface area contributed by atoms with Crippen LogP contribution in [0.25, 0.3) is 0 Å². The van der Waals surface area contributed by atoms with Crippen molar-refractivity contribution in [1.82, 2.24) is 0 Å². The summed E-state index contributed by atoms with van der Waals surface area (Å²) in [4.78, 5) is 10.7. The molecule has 1 rings (SSSR count). The zero-order chi connectivity index (χ0) is 10.6. The third-order valence-electron chi connectivity index (χ3n) is 2.46. The lowest BCUT2D eigenvalue weighted by molar-refractivity contribution is -0.118. The van der Waals surface area contributed by atoms with Crippen LogP contribution in [-0.2, 0) is 11.2 Å². The average molecular weight is 191 g/mol. The number of carbonyl (C=O) groups is 1. The van der Waals surface area contributed by atoms with Crippen molar-refractivity contribution >= 4 is 5.91 Å². The van der Waals surface area contributed by atoms with Crippen molar-refractivity contribution in [2.45, 2.75) is 32.6 Å². The van der Waals surface area contributed by atoms with E-state index in [-0.39, 0.29) is 11.8 Å². The summed E-state index contributed by atoms with van der Waals surface area (Å²) >= 11 is 0. The first kappa shape index (κ1) is 10.8. The summed E-state index contributed by atoms with van der Waals surface area (Å²) < 4.78 is 0. The molecule has 0 aliphatic rings. The number of primary amides is 1. The van der Waals surface area contributed by atoms with Gasteiger partial charge in [0.2, 0.25) is 5.91 Å². The third kappa shape index (κ3) is 2.87. The highest BCUT2D eigenvalue weighted by Gasteiger charge is 2.07. The Morgan fingerprint density at radius 3 is 2.36 bits per heavy atom. The first-order valence-electron chi connectivity index (χ1n) is 5.00. The van der Waals surface area contributed by atoms with Crippen LogP contribution in [0.1, 0.15) is 37.3 Å². The third-order valence-corrected chi connectivity index (χ3v) is 2.46. The highest BCUT2D eigenvalue weighted by atomic mass is 16.1. The lowest BCUT2D eigenvalue weighted by Gasteiger charge is -2.09. The van der Waals surface area contributed by atoms with Crippen LogP contribution in [0.2, 0.25) is 0 Å². The summed E-state index contributed by atoms with van der Waals surface area (Å²) in [5.41, 5.74) is 7.65. The Kier molecular flexibility index (Phi) is 3.69. The van der Waals surface area contributed by atoms with Gasteiger partial charge in [0.15, 0.2) is 0 Å². The van der Waals surface area contributed by atoms with Crippen LogP contribution >= 0.6 is 0 Å². The topological polar surface area (TPSA) is 43.1 Å². The van der Waals surface area contributed by atoms with Crippen molar-refractivity contribution in [3.63, 3.8) is 0 Å². The number of amides is 1. The minimum Gasteiger partial charge on any atom is -0.370 e.